The summed E-state index contributed by atoms with van der Waals surface area (Å²) in [6.07, 6.45) is 3.85. The molecule has 0 bridgehead atoms. The molecular formula is C25H22N2Si. The summed E-state index contributed by atoms with van der Waals surface area (Å²) in [5, 5.41) is 4.28. The van der Waals surface area contributed by atoms with Crippen LogP contribution >= 0.6 is 0 Å². The minimum Gasteiger partial charge on any atom is -0.256 e. The van der Waals surface area contributed by atoms with E-state index in [4.69, 9.17) is 9.97 Å². The van der Waals surface area contributed by atoms with Gasteiger partial charge in [-0.05, 0) is 44.8 Å². The maximum atomic E-state index is 4.82. The van der Waals surface area contributed by atoms with Crippen molar-refractivity contribution in [3.05, 3.63) is 72.1 Å². The average Bonchev–Trinajstić information content (AvgIpc) is 3.08. The van der Waals surface area contributed by atoms with Crippen LogP contribution < -0.4 is 10.4 Å². The second-order valence-corrected chi connectivity index (χ2v) is 13.4. The van der Waals surface area contributed by atoms with Gasteiger partial charge in [0, 0.05) is 28.8 Å². The molecule has 3 heteroatoms. The predicted octanol–water partition coefficient (Wildman–Crippen LogP) is 4.74. The molecule has 0 amide bonds. The molecule has 0 atom stereocenters. The smallest absolute Gasteiger partial charge is 0.116 e. The summed E-state index contributed by atoms with van der Waals surface area (Å²) >= 11 is 0. The molecule has 6 rings (SSSR count). The normalized spacial score (nSPS) is 17.1. The Morgan fingerprint density at radius 3 is 2.43 bits per heavy atom. The number of fused-ring (bicyclic) bond motifs is 9. The average molecular weight is 379 g/mol. The van der Waals surface area contributed by atoms with Gasteiger partial charge in [-0.2, -0.15) is 0 Å². The largest absolute Gasteiger partial charge is 0.256 e. The van der Waals surface area contributed by atoms with Gasteiger partial charge in [0.25, 0.3) is 0 Å². The van der Waals surface area contributed by atoms with Gasteiger partial charge in [-0.25, -0.2) is 0 Å². The van der Waals surface area contributed by atoms with Gasteiger partial charge in [0.1, 0.15) is 8.07 Å². The fourth-order valence-corrected chi connectivity index (χ4v) is 8.97. The first-order chi connectivity index (χ1) is 13.4. The van der Waals surface area contributed by atoms with Gasteiger partial charge < -0.3 is 0 Å². The number of pyridine rings is 2. The molecule has 0 saturated heterocycles. The molecule has 1 aliphatic carbocycles. The summed E-state index contributed by atoms with van der Waals surface area (Å²) in [7, 11) is -1.84. The zero-order chi connectivity index (χ0) is 19.3. The van der Waals surface area contributed by atoms with Crippen LogP contribution in [0.2, 0.25) is 13.1 Å². The van der Waals surface area contributed by atoms with Gasteiger partial charge in [0.15, 0.2) is 0 Å². The Morgan fingerprint density at radius 1 is 0.821 bits per heavy atom. The second-order valence-electron chi connectivity index (χ2n) is 9.12. The number of aromatic nitrogens is 2. The van der Waals surface area contributed by atoms with Gasteiger partial charge in [0.05, 0.1) is 11.2 Å². The van der Waals surface area contributed by atoms with Gasteiger partial charge >= 0.3 is 0 Å². The Balaban J connectivity index is 1.78. The zero-order valence-corrected chi connectivity index (χ0v) is 17.7. The van der Waals surface area contributed by atoms with Crippen LogP contribution in [-0.2, 0) is 5.41 Å². The number of rotatable bonds is 0. The number of nitrogens with zero attached hydrogens (tertiary/aromatic N) is 2. The molecule has 0 fully saturated rings. The van der Waals surface area contributed by atoms with E-state index in [0.29, 0.717) is 0 Å². The summed E-state index contributed by atoms with van der Waals surface area (Å²) in [4.78, 5) is 9.59. The highest BCUT2D eigenvalue weighted by Crippen LogP contribution is 2.52. The molecule has 2 aromatic carbocycles. The Bertz CT molecular complexity index is 1320. The molecule has 3 heterocycles. The lowest BCUT2D eigenvalue weighted by Gasteiger charge is -2.25. The molecule has 136 valence electrons. The molecule has 1 aliphatic heterocycles. The third kappa shape index (κ3) is 1.74. The summed E-state index contributed by atoms with van der Waals surface area (Å²) in [5.74, 6) is 0. The maximum Gasteiger partial charge on any atom is 0.116 e. The highest BCUT2D eigenvalue weighted by Gasteiger charge is 2.46. The Hall–Kier alpha value is -2.78. The summed E-state index contributed by atoms with van der Waals surface area (Å²) in [5.41, 5.74) is 9.24. The van der Waals surface area contributed by atoms with Crippen molar-refractivity contribution in [3.63, 3.8) is 0 Å². The molecule has 2 nitrogen and oxygen atoms in total. The Kier molecular flexibility index (Phi) is 2.88. The highest BCUT2D eigenvalue weighted by atomic mass is 28.3. The van der Waals surface area contributed by atoms with E-state index in [1.54, 1.807) is 5.19 Å². The molecule has 0 spiro atoms. The van der Waals surface area contributed by atoms with E-state index < -0.39 is 8.07 Å². The van der Waals surface area contributed by atoms with Crippen molar-refractivity contribution in [1.29, 1.82) is 0 Å². The first-order valence-corrected chi connectivity index (χ1v) is 12.9. The van der Waals surface area contributed by atoms with E-state index in [1.165, 1.54) is 43.9 Å². The van der Waals surface area contributed by atoms with Crippen LogP contribution in [0.3, 0.4) is 0 Å². The van der Waals surface area contributed by atoms with E-state index in [9.17, 15) is 0 Å². The summed E-state index contributed by atoms with van der Waals surface area (Å²) in [6, 6.07) is 17.8. The van der Waals surface area contributed by atoms with Crippen molar-refractivity contribution in [2.45, 2.75) is 32.4 Å². The molecule has 0 saturated carbocycles. The maximum absolute atomic E-state index is 4.82. The van der Waals surface area contributed by atoms with Crippen molar-refractivity contribution in [1.82, 2.24) is 9.97 Å². The van der Waals surface area contributed by atoms with Gasteiger partial charge in [-0.3, -0.25) is 9.97 Å². The van der Waals surface area contributed by atoms with E-state index >= 15 is 0 Å². The Labute approximate surface area is 166 Å². The predicted molar refractivity (Wildman–Crippen MR) is 119 cm³/mol. The standard InChI is InChI=1S/C25H22N2Si/c1-25(2)18-8-6-14-27-23(18)17-11-12-19-20(21(17)25)16-10-9-15-7-5-13-26-22(15)24(16)28(19,3)4/h5-14H,1-4H3. The number of hydrogen-bond acceptors (Lipinski definition) is 2. The number of hydrogen-bond donors (Lipinski definition) is 0. The van der Waals surface area contributed by atoms with Crippen molar-refractivity contribution in [2.75, 3.05) is 0 Å². The third-order valence-corrected chi connectivity index (χ3v) is 10.4. The third-order valence-electron chi connectivity index (χ3n) is 6.91. The topological polar surface area (TPSA) is 25.8 Å². The first-order valence-electron chi connectivity index (χ1n) is 9.95. The highest BCUT2D eigenvalue weighted by molar-refractivity contribution is 7.05. The quantitative estimate of drug-likeness (QED) is 0.413. The van der Waals surface area contributed by atoms with Crippen LogP contribution in [0.1, 0.15) is 25.0 Å². The molecule has 28 heavy (non-hydrogen) atoms. The lowest BCUT2D eigenvalue weighted by molar-refractivity contribution is 0.661. The SMILES string of the molecule is CC1(C)c2cccnc2-c2ccc3c(c21)-c1ccc2cccnc2c1[Si]3(C)C. The molecule has 2 aromatic heterocycles. The van der Waals surface area contributed by atoms with E-state index in [0.717, 1.165) is 5.69 Å². The molecular weight excluding hydrogens is 356 g/mol. The van der Waals surface area contributed by atoms with Crippen LogP contribution in [-0.4, -0.2) is 18.0 Å². The molecule has 0 N–H and O–H groups in total. The van der Waals surface area contributed by atoms with Crippen LogP contribution in [0, 0.1) is 0 Å². The van der Waals surface area contributed by atoms with Crippen molar-refractivity contribution < 1.29 is 0 Å². The first kappa shape index (κ1) is 16.2. The monoisotopic (exact) mass is 378 g/mol. The Morgan fingerprint density at radius 2 is 1.57 bits per heavy atom. The van der Waals surface area contributed by atoms with Crippen LogP contribution in [0.25, 0.3) is 33.3 Å². The number of benzene rings is 2. The molecule has 2 aliphatic rings. The van der Waals surface area contributed by atoms with E-state index in [-0.39, 0.29) is 5.41 Å². The fraction of sp³-hybridized carbons (Fsp3) is 0.200. The van der Waals surface area contributed by atoms with Crippen molar-refractivity contribution in [2.24, 2.45) is 0 Å². The molecule has 4 aromatic rings. The van der Waals surface area contributed by atoms with E-state index in [2.05, 4.69) is 69.4 Å². The van der Waals surface area contributed by atoms with Crippen LogP contribution in [0.15, 0.2) is 60.9 Å². The molecule has 0 unspecified atom stereocenters. The summed E-state index contributed by atoms with van der Waals surface area (Å²) in [6.45, 7) is 9.66. The van der Waals surface area contributed by atoms with Crippen molar-refractivity contribution >= 4 is 29.4 Å². The lowest BCUT2D eigenvalue weighted by atomic mass is 9.79. The van der Waals surface area contributed by atoms with E-state index in [1.807, 2.05) is 18.5 Å². The minimum atomic E-state index is -1.84. The minimum absolute atomic E-state index is 0.0462. The van der Waals surface area contributed by atoms with Crippen molar-refractivity contribution in [3.8, 4) is 22.4 Å². The summed E-state index contributed by atoms with van der Waals surface area (Å²) < 4.78 is 0. The lowest BCUT2D eigenvalue weighted by Crippen LogP contribution is -2.49. The van der Waals surface area contributed by atoms with Gasteiger partial charge in [-0.1, -0.05) is 63.3 Å². The second kappa shape index (κ2) is 4.98. The fourth-order valence-electron chi connectivity index (χ4n) is 5.63. The van der Waals surface area contributed by atoms with Crippen LogP contribution in [0.5, 0.6) is 0 Å². The van der Waals surface area contributed by atoms with Crippen LogP contribution in [0.4, 0.5) is 0 Å². The zero-order valence-electron chi connectivity index (χ0n) is 16.7. The van der Waals surface area contributed by atoms with Gasteiger partial charge in [-0.15, -0.1) is 0 Å². The molecule has 0 radical (unpaired) electrons. The van der Waals surface area contributed by atoms with Gasteiger partial charge in [0.2, 0.25) is 0 Å².